The van der Waals surface area contributed by atoms with Crippen LogP contribution in [0.15, 0.2) is 18.3 Å². The fraction of sp³-hybridized carbons (Fsp3) is 0.500. The highest BCUT2D eigenvalue weighted by Crippen LogP contribution is 2.13. The van der Waals surface area contributed by atoms with Gasteiger partial charge in [-0.05, 0) is 19.0 Å². The predicted molar refractivity (Wildman–Crippen MR) is 55.7 cm³/mol. The maximum atomic E-state index is 4.99. The summed E-state index contributed by atoms with van der Waals surface area (Å²) in [5.74, 6) is 0.653. The summed E-state index contributed by atoms with van der Waals surface area (Å²) in [6, 6.07) is 4.39. The lowest BCUT2D eigenvalue weighted by atomic mass is 10.2. The Morgan fingerprint density at radius 3 is 3.07 bits per heavy atom. The first-order chi connectivity index (χ1) is 6.88. The first kappa shape index (κ1) is 9.27. The SMILES string of the molecule is COc1ccc(NC2CCNC2)cn1. The van der Waals surface area contributed by atoms with Crippen molar-refractivity contribution in [3.63, 3.8) is 0 Å². The predicted octanol–water partition coefficient (Wildman–Crippen LogP) is 0.864. The van der Waals surface area contributed by atoms with Crippen LogP contribution in [0.5, 0.6) is 5.88 Å². The van der Waals surface area contributed by atoms with Gasteiger partial charge in [-0.3, -0.25) is 0 Å². The van der Waals surface area contributed by atoms with E-state index in [2.05, 4.69) is 15.6 Å². The molecule has 1 aromatic rings. The van der Waals surface area contributed by atoms with E-state index in [0.29, 0.717) is 11.9 Å². The quantitative estimate of drug-likeness (QED) is 0.747. The Balaban J connectivity index is 1.95. The van der Waals surface area contributed by atoms with Crippen molar-refractivity contribution in [2.45, 2.75) is 12.5 Å². The average molecular weight is 193 g/mol. The Morgan fingerprint density at radius 1 is 1.57 bits per heavy atom. The van der Waals surface area contributed by atoms with Gasteiger partial charge < -0.3 is 15.4 Å². The lowest BCUT2D eigenvalue weighted by Crippen LogP contribution is -2.22. The summed E-state index contributed by atoms with van der Waals surface area (Å²) < 4.78 is 4.99. The Kier molecular flexibility index (Phi) is 2.84. The molecule has 14 heavy (non-hydrogen) atoms. The van der Waals surface area contributed by atoms with Gasteiger partial charge in [0.05, 0.1) is 19.0 Å². The zero-order valence-corrected chi connectivity index (χ0v) is 8.29. The van der Waals surface area contributed by atoms with Gasteiger partial charge in [0.1, 0.15) is 0 Å². The molecule has 1 atom stereocenters. The number of nitrogens with zero attached hydrogens (tertiary/aromatic N) is 1. The number of ether oxygens (including phenoxy) is 1. The van der Waals surface area contributed by atoms with E-state index in [1.165, 1.54) is 6.42 Å². The number of rotatable bonds is 3. The third-order valence-electron chi connectivity index (χ3n) is 2.38. The minimum Gasteiger partial charge on any atom is -0.481 e. The molecule has 0 amide bonds. The van der Waals surface area contributed by atoms with E-state index in [0.717, 1.165) is 18.8 Å². The maximum absolute atomic E-state index is 4.99. The molecule has 1 unspecified atom stereocenters. The summed E-state index contributed by atoms with van der Waals surface area (Å²) in [6.45, 7) is 2.13. The number of nitrogens with one attached hydrogen (secondary N) is 2. The first-order valence-corrected chi connectivity index (χ1v) is 4.86. The van der Waals surface area contributed by atoms with Gasteiger partial charge >= 0.3 is 0 Å². The van der Waals surface area contributed by atoms with Crippen LogP contribution in [0, 0.1) is 0 Å². The van der Waals surface area contributed by atoms with Crippen LogP contribution in [0.25, 0.3) is 0 Å². The van der Waals surface area contributed by atoms with Crippen molar-refractivity contribution < 1.29 is 4.74 Å². The molecule has 1 aliphatic rings. The van der Waals surface area contributed by atoms with Gasteiger partial charge in [0.25, 0.3) is 0 Å². The molecule has 2 heterocycles. The van der Waals surface area contributed by atoms with E-state index in [9.17, 15) is 0 Å². The summed E-state index contributed by atoms with van der Waals surface area (Å²) >= 11 is 0. The van der Waals surface area contributed by atoms with E-state index in [-0.39, 0.29) is 0 Å². The molecular formula is C10H15N3O. The van der Waals surface area contributed by atoms with E-state index < -0.39 is 0 Å². The lowest BCUT2D eigenvalue weighted by molar-refractivity contribution is 0.398. The van der Waals surface area contributed by atoms with Crippen molar-refractivity contribution >= 4 is 5.69 Å². The topological polar surface area (TPSA) is 46.2 Å². The van der Waals surface area contributed by atoms with E-state index in [1.54, 1.807) is 13.3 Å². The molecule has 4 heteroatoms. The summed E-state index contributed by atoms with van der Waals surface area (Å²) in [5.41, 5.74) is 1.06. The lowest BCUT2D eigenvalue weighted by Gasteiger charge is -2.12. The second-order valence-electron chi connectivity index (χ2n) is 3.42. The van der Waals surface area contributed by atoms with Crippen LogP contribution in [0.2, 0.25) is 0 Å². The summed E-state index contributed by atoms with van der Waals surface area (Å²) in [7, 11) is 1.62. The molecule has 1 aromatic heterocycles. The number of methoxy groups -OCH3 is 1. The van der Waals surface area contributed by atoms with Crippen LogP contribution < -0.4 is 15.4 Å². The number of anilines is 1. The summed E-state index contributed by atoms with van der Waals surface area (Å²) in [4.78, 5) is 4.13. The van der Waals surface area contributed by atoms with Crippen LogP contribution in [0.4, 0.5) is 5.69 Å². The van der Waals surface area contributed by atoms with Crippen molar-refractivity contribution in [2.24, 2.45) is 0 Å². The molecule has 0 aliphatic carbocycles. The van der Waals surface area contributed by atoms with Crippen LogP contribution in [-0.2, 0) is 0 Å². The van der Waals surface area contributed by atoms with Crippen LogP contribution >= 0.6 is 0 Å². The van der Waals surface area contributed by atoms with Crippen LogP contribution in [0.3, 0.4) is 0 Å². The Labute approximate surface area is 83.7 Å². The fourth-order valence-corrected chi connectivity index (χ4v) is 1.60. The zero-order chi connectivity index (χ0) is 9.80. The fourth-order valence-electron chi connectivity index (χ4n) is 1.60. The second-order valence-corrected chi connectivity index (χ2v) is 3.42. The molecule has 1 saturated heterocycles. The summed E-state index contributed by atoms with van der Waals surface area (Å²) in [5, 5.41) is 6.72. The molecule has 4 nitrogen and oxygen atoms in total. The largest absolute Gasteiger partial charge is 0.481 e. The van der Waals surface area contributed by atoms with Gasteiger partial charge in [0.15, 0.2) is 0 Å². The van der Waals surface area contributed by atoms with Crippen molar-refractivity contribution in [2.75, 3.05) is 25.5 Å². The first-order valence-electron chi connectivity index (χ1n) is 4.86. The number of pyridine rings is 1. The third-order valence-corrected chi connectivity index (χ3v) is 2.38. The molecule has 0 aromatic carbocycles. The van der Waals surface area contributed by atoms with Gasteiger partial charge in [-0.25, -0.2) is 4.98 Å². The van der Waals surface area contributed by atoms with Gasteiger partial charge in [-0.2, -0.15) is 0 Å². The van der Waals surface area contributed by atoms with Crippen molar-refractivity contribution in [3.05, 3.63) is 18.3 Å². The molecule has 76 valence electrons. The molecule has 2 rings (SSSR count). The zero-order valence-electron chi connectivity index (χ0n) is 8.29. The second kappa shape index (κ2) is 4.28. The Hall–Kier alpha value is -1.29. The monoisotopic (exact) mass is 193 g/mol. The van der Waals surface area contributed by atoms with E-state index in [4.69, 9.17) is 4.74 Å². The molecule has 0 bridgehead atoms. The Morgan fingerprint density at radius 2 is 2.50 bits per heavy atom. The standard InChI is InChI=1S/C10H15N3O/c1-14-10-3-2-8(7-12-10)13-9-4-5-11-6-9/h2-3,7,9,11,13H,4-6H2,1H3. The highest BCUT2D eigenvalue weighted by atomic mass is 16.5. The normalized spacial score (nSPS) is 20.8. The number of hydrogen-bond donors (Lipinski definition) is 2. The smallest absolute Gasteiger partial charge is 0.213 e. The van der Waals surface area contributed by atoms with Gasteiger partial charge in [0.2, 0.25) is 5.88 Å². The van der Waals surface area contributed by atoms with E-state index >= 15 is 0 Å². The van der Waals surface area contributed by atoms with Crippen molar-refractivity contribution in [1.82, 2.24) is 10.3 Å². The summed E-state index contributed by atoms with van der Waals surface area (Å²) in [6.07, 6.45) is 2.98. The van der Waals surface area contributed by atoms with Crippen molar-refractivity contribution in [3.8, 4) is 5.88 Å². The van der Waals surface area contributed by atoms with Crippen LogP contribution in [0.1, 0.15) is 6.42 Å². The third kappa shape index (κ3) is 2.14. The molecule has 2 N–H and O–H groups in total. The van der Waals surface area contributed by atoms with Crippen LogP contribution in [-0.4, -0.2) is 31.2 Å². The highest BCUT2D eigenvalue weighted by Gasteiger charge is 2.13. The Bertz CT molecular complexity index is 280. The molecule has 0 saturated carbocycles. The van der Waals surface area contributed by atoms with Gasteiger partial charge in [0, 0.05) is 18.7 Å². The molecule has 1 aliphatic heterocycles. The van der Waals surface area contributed by atoms with E-state index in [1.807, 2.05) is 12.1 Å². The minimum atomic E-state index is 0.533. The average Bonchev–Trinajstić information content (AvgIpc) is 2.72. The van der Waals surface area contributed by atoms with Gasteiger partial charge in [-0.15, -0.1) is 0 Å². The molecule has 0 radical (unpaired) electrons. The highest BCUT2D eigenvalue weighted by molar-refractivity contribution is 5.43. The maximum Gasteiger partial charge on any atom is 0.213 e. The number of aromatic nitrogens is 1. The van der Waals surface area contributed by atoms with Crippen molar-refractivity contribution in [1.29, 1.82) is 0 Å². The molecular weight excluding hydrogens is 178 g/mol. The van der Waals surface area contributed by atoms with Gasteiger partial charge in [-0.1, -0.05) is 0 Å². The molecule has 0 spiro atoms. The minimum absolute atomic E-state index is 0.533. The molecule has 1 fully saturated rings. The number of hydrogen-bond acceptors (Lipinski definition) is 4.